The first-order valence-electron chi connectivity index (χ1n) is 14.5. The highest BCUT2D eigenvalue weighted by Crippen LogP contribution is 2.47. The predicted octanol–water partition coefficient (Wildman–Crippen LogP) is 9.62. The summed E-state index contributed by atoms with van der Waals surface area (Å²) < 4.78 is 2.43. The van der Waals surface area contributed by atoms with E-state index in [2.05, 4.69) is 89.5 Å². The molecule has 1 aliphatic heterocycles. The van der Waals surface area contributed by atoms with Gasteiger partial charge in [-0.25, -0.2) is 15.0 Å². The van der Waals surface area contributed by atoms with Gasteiger partial charge in [-0.3, -0.25) is 0 Å². The molecule has 4 heteroatoms. The second-order valence-electron chi connectivity index (χ2n) is 10.9. The lowest BCUT2D eigenvalue weighted by molar-refractivity contribution is 1.07. The summed E-state index contributed by atoms with van der Waals surface area (Å²) in [7, 11) is 0. The number of hydrogen-bond donors (Lipinski definition) is 0. The Labute approximate surface area is 248 Å². The summed E-state index contributed by atoms with van der Waals surface area (Å²) in [5.74, 6) is 1.97. The van der Waals surface area contributed by atoms with Crippen molar-refractivity contribution in [1.29, 1.82) is 0 Å². The van der Waals surface area contributed by atoms with Crippen molar-refractivity contribution < 1.29 is 0 Å². The fourth-order valence-corrected chi connectivity index (χ4v) is 6.47. The zero-order chi connectivity index (χ0) is 28.3. The Kier molecular flexibility index (Phi) is 5.16. The molecule has 0 atom stereocenters. The molecule has 0 saturated heterocycles. The average Bonchev–Trinajstić information content (AvgIpc) is 3.36. The van der Waals surface area contributed by atoms with Gasteiger partial charge in [0.05, 0.1) is 16.7 Å². The lowest BCUT2D eigenvalue weighted by Gasteiger charge is -2.12. The van der Waals surface area contributed by atoms with Crippen LogP contribution < -0.4 is 0 Å². The Morgan fingerprint density at radius 3 is 1.56 bits per heavy atom. The van der Waals surface area contributed by atoms with E-state index in [9.17, 15) is 0 Å². The molecule has 8 aromatic rings. The molecule has 0 amide bonds. The molecule has 0 aliphatic carbocycles. The fraction of sp³-hybridized carbons (Fsp3) is 0. The molecular weight excluding hydrogens is 524 g/mol. The minimum atomic E-state index is 0.655. The summed E-state index contributed by atoms with van der Waals surface area (Å²) in [5.41, 5.74) is 11.2. The van der Waals surface area contributed by atoms with Crippen molar-refractivity contribution in [2.45, 2.75) is 0 Å². The van der Waals surface area contributed by atoms with E-state index in [-0.39, 0.29) is 0 Å². The van der Waals surface area contributed by atoms with Crippen LogP contribution in [0.2, 0.25) is 0 Å². The van der Waals surface area contributed by atoms with Gasteiger partial charge in [-0.1, -0.05) is 121 Å². The van der Waals surface area contributed by atoms with Crippen molar-refractivity contribution in [3.05, 3.63) is 146 Å². The molecule has 4 nitrogen and oxygen atoms in total. The van der Waals surface area contributed by atoms with Crippen LogP contribution in [0.4, 0.5) is 0 Å². The van der Waals surface area contributed by atoms with Crippen molar-refractivity contribution in [2.24, 2.45) is 0 Å². The zero-order valence-corrected chi connectivity index (χ0v) is 23.1. The van der Waals surface area contributed by atoms with E-state index < -0.39 is 0 Å². The topological polar surface area (TPSA) is 43.6 Å². The molecule has 43 heavy (non-hydrogen) atoms. The van der Waals surface area contributed by atoms with Gasteiger partial charge in [0.2, 0.25) is 0 Å². The van der Waals surface area contributed by atoms with Gasteiger partial charge in [-0.15, -0.1) is 0 Å². The van der Waals surface area contributed by atoms with Crippen molar-refractivity contribution in [2.75, 3.05) is 0 Å². The van der Waals surface area contributed by atoms with Crippen LogP contribution in [0.25, 0.3) is 83.9 Å². The molecule has 200 valence electrons. The smallest absolute Gasteiger partial charge is 0.164 e. The second-order valence-corrected chi connectivity index (χ2v) is 10.9. The molecule has 1 aliphatic rings. The molecule has 9 rings (SSSR count). The number of rotatable bonds is 3. The molecule has 0 fully saturated rings. The number of aromatic nitrogens is 4. The van der Waals surface area contributed by atoms with Gasteiger partial charge in [0, 0.05) is 38.6 Å². The van der Waals surface area contributed by atoms with E-state index in [4.69, 9.17) is 15.0 Å². The maximum absolute atomic E-state index is 5.08. The van der Waals surface area contributed by atoms with Gasteiger partial charge in [0.15, 0.2) is 17.5 Å². The van der Waals surface area contributed by atoms with Crippen LogP contribution in [0.5, 0.6) is 0 Å². The molecule has 0 bridgehead atoms. The van der Waals surface area contributed by atoms with Crippen LogP contribution in [0.1, 0.15) is 0 Å². The van der Waals surface area contributed by atoms with Gasteiger partial charge in [-0.2, -0.15) is 0 Å². The van der Waals surface area contributed by atoms with Gasteiger partial charge in [-0.05, 0) is 35.4 Å². The molecule has 0 unspecified atom stereocenters. The summed E-state index contributed by atoms with van der Waals surface area (Å²) in [5, 5.41) is 2.38. The van der Waals surface area contributed by atoms with E-state index in [0.29, 0.717) is 17.5 Å². The molecule has 2 aromatic heterocycles. The lowest BCUT2D eigenvalue weighted by Crippen LogP contribution is -2.00. The Morgan fingerprint density at radius 1 is 0.372 bits per heavy atom. The third kappa shape index (κ3) is 3.67. The Morgan fingerprint density at radius 2 is 0.884 bits per heavy atom. The average molecular weight is 549 g/mol. The van der Waals surface area contributed by atoms with Gasteiger partial charge in [0.25, 0.3) is 0 Å². The van der Waals surface area contributed by atoms with Crippen LogP contribution >= 0.6 is 0 Å². The van der Waals surface area contributed by atoms with E-state index in [0.717, 1.165) is 16.7 Å². The second kappa shape index (κ2) is 9.33. The van der Waals surface area contributed by atoms with E-state index in [1.165, 1.54) is 49.7 Å². The maximum Gasteiger partial charge on any atom is 0.164 e. The molecule has 0 saturated carbocycles. The van der Waals surface area contributed by atoms with Crippen molar-refractivity contribution in [3.63, 3.8) is 0 Å². The Balaban J connectivity index is 1.40. The minimum Gasteiger partial charge on any atom is -0.308 e. The highest BCUT2D eigenvalue weighted by atomic mass is 15.0. The van der Waals surface area contributed by atoms with Gasteiger partial charge < -0.3 is 4.57 Å². The summed E-state index contributed by atoms with van der Waals surface area (Å²) in [4.78, 5) is 15.1. The quantitative estimate of drug-likeness (QED) is 0.221. The number of hydrogen-bond acceptors (Lipinski definition) is 3. The SMILES string of the molecule is c1ccc(-c2nc(-c3ccccc3)nc(-c3cc4c5c(c3)c3ccccc3n5-c3ccccc3-c3ccccc3-4)n2)cc1. The van der Waals surface area contributed by atoms with Crippen LogP contribution in [0.15, 0.2) is 146 Å². The normalized spacial score (nSPS) is 11.7. The van der Waals surface area contributed by atoms with E-state index in [1.54, 1.807) is 0 Å². The number of fused-ring (bicyclic) bond motifs is 8. The first-order valence-corrected chi connectivity index (χ1v) is 14.5. The summed E-state index contributed by atoms with van der Waals surface area (Å²) in [6.45, 7) is 0. The molecule has 6 aromatic carbocycles. The van der Waals surface area contributed by atoms with Crippen molar-refractivity contribution in [3.8, 4) is 62.1 Å². The van der Waals surface area contributed by atoms with Crippen LogP contribution in [-0.2, 0) is 0 Å². The Bertz CT molecular complexity index is 2280. The van der Waals surface area contributed by atoms with Gasteiger partial charge >= 0.3 is 0 Å². The van der Waals surface area contributed by atoms with E-state index in [1.807, 2.05) is 60.7 Å². The molecule has 0 radical (unpaired) electrons. The largest absolute Gasteiger partial charge is 0.308 e. The standard InChI is InChI=1S/C39H24N4/c1-3-13-25(14-4-1)37-40-38(26-15-5-2-6-16-26)42-39(41-37)27-23-32-29-18-8-7-17-28(29)30-19-9-11-21-34(30)43-35-22-12-10-20-31(35)33(24-27)36(32)43/h1-24H. The summed E-state index contributed by atoms with van der Waals surface area (Å²) >= 11 is 0. The van der Waals surface area contributed by atoms with E-state index >= 15 is 0 Å². The molecule has 0 spiro atoms. The highest BCUT2D eigenvalue weighted by molar-refractivity contribution is 6.17. The highest BCUT2D eigenvalue weighted by Gasteiger charge is 2.25. The van der Waals surface area contributed by atoms with Crippen LogP contribution in [-0.4, -0.2) is 19.5 Å². The van der Waals surface area contributed by atoms with Gasteiger partial charge in [0.1, 0.15) is 0 Å². The first-order chi connectivity index (χ1) is 21.3. The molecule has 3 heterocycles. The Hall–Kier alpha value is -5.87. The van der Waals surface area contributed by atoms with Crippen LogP contribution in [0.3, 0.4) is 0 Å². The zero-order valence-electron chi connectivity index (χ0n) is 23.1. The summed E-state index contributed by atoms with van der Waals surface area (Å²) in [6.07, 6.45) is 0. The number of nitrogens with zero attached hydrogens (tertiary/aromatic N) is 4. The third-order valence-corrected chi connectivity index (χ3v) is 8.38. The summed E-state index contributed by atoms with van der Waals surface area (Å²) in [6, 6.07) is 50.9. The van der Waals surface area contributed by atoms with Crippen molar-refractivity contribution >= 4 is 21.8 Å². The molecule has 0 N–H and O–H groups in total. The van der Waals surface area contributed by atoms with Crippen LogP contribution in [0, 0.1) is 0 Å². The maximum atomic E-state index is 5.08. The molecular formula is C39H24N4. The number of para-hydroxylation sites is 2. The number of benzene rings is 6. The fourth-order valence-electron chi connectivity index (χ4n) is 6.47. The third-order valence-electron chi connectivity index (χ3n) is 8.38. The monoisotopic (exact) mass is 548 g/mol. The van der Waals surface area contributed by atoms with Crippen molar-refractivity contribution in [1.82, 2.24) is 19.5 Å². The predicted molar refractivity (Wildman–Crippen MR) is 175 cm³/mol. The lowest BCUT2D eigenvalue weighted by atomic mass is 9.92. The first kappa shape index (κ1) is 23.8. The minimum absolute atomic E-state index is 0.655.